The Labute approximate surface area is 207 Å². The Morgan fingerprint density at radius 2 is 1.80 bits per heavy atom. The van der Waals surface area contributed by atoms with Gasteiger partial charge in [-0.25, -0.2) is 0 Å². The van der Waals surface area contributed by atoms with Crippen molar-refractivity contribution in [3.63, 3.8) is 0 Å². The van der Waals surface area contributed by atoms with Crippen molar-refractivity contribution >= 4 is 18.0 Å². The number of hydrogen-bond acceptors (Lipinski definition) is 9. The van der Waals surface area contributed by atoms with Crippen molar-refractivity contribution in [3.8, 4) is 22.9 Å². The van der Waals surface area contributed by atoms with Gasteiger partial charge in [0, 0.05) is 23.2 Å². The zero-order valence-corrected chi connectivity index (χ0v) is 20.5. The molecule has 1 saturated heterocycles. The van der Waals surface area contributed by atoms with Gasteiger partial charge in [0.2, 0.25) is 0 Å². The first-order valence-corrected chi connectivity index (χ1v) is 11.6. The number of aliphatic hydroxyl groups excluding tert-OH is 4. The molecule has 9 nitrogen and oxygen atoms in total. The first kappa shape index (κ1) is 25.4. The average molecular weight is 501 g/mol. The lowest BCUT2D eigenvalue weighted by Crippen LogP contribution is -2.57. The highest BCUT2D eigenvalue weighted by Crippen LogP contribution is 2.43. The summed E-state index contributed by atoms with van der Waals surface area (Å²) in [4.78, 5) is 13.5. The number of ether oxygens (including phenoxy) is 2. The van der Waals surface area contributed by atoms with Crippen LogP contribution in [0.15, 0.2) is 24.3 Å². The largest absolute Gasteiger partial charge is 0.497 e. The third kappa shape index (κ3) is 4.29. The topological polar surface area (TPSA) is 145 Å². The fraction of sp³-hybridized carbons (Fsp3) is 0.480. The molecular weight excluding hydrogens is 472 g/mol. The molecule has 4 N–H and O–H groups in total. The van der Waals surface area contributed by atoms with E-state index in [-0.39, 0.29) is 22.4 Å². The molecule has 4 rings (SSSR count). The molecule has 1 aliphatic carbocycles. The van der Waals surface area contributed by atoms with Gasteiger partial charge < -0.3 is 34.5 Å². The van der Waals surface area contributed by atoms with E-state index in [1.807, 2.05) is 13.8 Å². The molecule has 35 heavy (non-hydrogen) atoms. The number of carbonyl (C=O) groups excluding carboxylic acids is 1. The second-order valence-electron chi connectivity index (χ2n) is 9.75. The van der Waals surface area contributed by atoms with Crippen molar-refractivity contribution in [2.75, 3.05) is 13.7 Å². The number of methoxy groups -OCH3 is 1. The Morgan fingerprint density at radius 3 is 2.37 bits per heavy atom. The van der Waals surface area contributed by atoms with Crippen LogP contribution in [0.4, 0.5) is 0 Å². The number of hydrogen-bond donors (Lipinski definition) is 4. The SMILES string of the molecule is COc1ccc(-c2c3c(n([C@H]4O[C@@H](CO)[C@@H](O)[C@@H](O)[C@H]4O)c(=S)c2C#N)CC(C)(C)CC3=O)cc1. The van der Waals surface area contributed by atoms with Crippen LogP contribution < -0.4 is 4.74 Å². The summed E-state index contributed by atoms with van der Waals surface area (Å²) < 4.78 is 12.4. The quantitative estimate of drug-likeness (QED) is 0.462. The predicted octanol–water partition coefficient (Wildman–Crippen LogP) is 1.89. The summed E-state index contributed by atoms with van der Waals surface area (Å²) in [6, 6.07) is 9.05. The summed E-state index contributed by atoms with van der Waals surface area (Å²) in [5, 5.41) is 51.3. The number of fused-ring (bicyclic) bond motifs is 1. The van der Waals surface area contributed by atoms with Gasteiger partial charge in [-0.15, -0.1) is 0 Å². The fourth-order valence-corrected chi connectivity index (χ4v) is 5.33. The number of Topliss-reactive ketones (excluding diaryl/α,β-unsaturated/α-hetero) is 1. The van der Waals surface area contributed by atoms with E-state index < -0.39 is 42.7 Å². The van der Waals surface area contributed by atoms with Gasteiger partial charge in [0.05, 0.1) is 19.3 Å². The fourth-order valence-electron chi connectivity index (χ4n) is 4.97. The smallest absolute Gasteiger partial charge is 0.165 e. The van der Waals surface area contributed by atoms with Gasteiger partial charge in [0.1, 0.15) is 40.9 Å². The molecule has 1 aliphatic heterocycles. The highest BCUT2D eigenvalue weighted by molar-refractivity contribution is 7.71. The van der Waals surface area contributed by atoms with Crippen molar-refractivity contribution in [3.05, 3.63) is 45.7 Å². The van der Waals surface area contributed by atoms with E-state index in [1.54, 1.807) is 24.3 Å². The summed E-state index contributed by atoms with van der Waals surface area (Å²) in [6.07, 6.45) is -6.70. The summed E-state index contributed by atoms with van der Waals surface area (Å²) in [7, 11) is 1.54. The molecule has 0 radical (unpaired) electrons. The van der Waals surface area contributed by atoms with E-state index in [1.165, 1.54) is 11.7 Å². The van der Waals surface area contributed by atoms with Crippen molar-refractivity contribution < 1.29 is 34.7 Å². The Balaban J connectivity index is 2.04. The first-order valence-electron chi connectivity index (χ1n) is 11.2. The molecule has 1 aromatic carbocycles. The van der Waals surface area contributed by atoms with Gasteiger partial charge in [-0.1, -0.05) is 38.2 Å². The molecule has 5 atom stereocenters. The van der Waals surface area contributed by atoms with Crippen LogP contribution in [0.3, 0.4) is 0 Å². The molecule has 1 aromatic heterocycles. The van der Waals surface area contributed by atoms with Crippen LogP contribution in [-0.4, -0.2) is 68.9 Å². The third-order valence-corrected chi connectivity index (χ3v) is 7.09. The van der Waals surface area contributed by atoms with E-state index in [4.69, 9.17) is 21.7 Å². The molecule has 2 aromatic rings. The van der Waals surface area contributed by atoms with Gasteiger partial charge in [-0.2, -0.15) is 5.26 Å². The molecule has 0 amide bonds. The number of rotatable bonds is 4. The van der Waals surface area contributed by atoms with E-state index in [0.29, 0.717) is 34.6 Å². The number of pyridine rings is 1. The molecular formula is C25H28N2O7S. The molecule has 186 valence electrons. The minimum atomic E-state index is -1.64. The Morgan fingerprint density at radius 1 is 1.14 bits per heavy atom. The molecule has 0 bridgehead atoms. The monoisotopic (exact) mass is 500 g/mol. The first-order chi connectivity index (χ1) is 16.5. The predicted molar refractivity (Wildman–Crippen MR) is 127 cm³/mol. The summed E-state index contributed by atoms with van der Waals surface area (Å²) >= 11 is 5.71. The molecule has 0 spiro atoms. The van der Waals surface area contributed by atoms with Gasteiger partial charge in [0.25, 0.3) is 0 Å². The number of aromatic nitrogens is 1. The third-order valence-electron chi connectivity index (χ3n) is 6.69. The summed E-state index contributed by atoms with van der Waals surface area (Å²) in [5.41, 5.74) is 1.37. The molecule has 0 saturated carbocycles. The minimum absolute atomic E-state index is 0.0203. The van der Waals surface area contributed by atoms with Gasteiger partial charge in [-0.05, 0) is 29.5 Å². The van der Waals surface area contributed by atoms with Gasteiger partial charge in [-0.3, -0.25) is 4.79 Å². The lowest BCUT2D eigenvalue weighted by molar-refractivity contribution is -0.252. The van der Waals surface area contributed by atoms with Crippen LogP contribution in [0, 0.1) is 21.4 Å². The number of ketones is 1. The maximum atomic E-state index is 13.5. The average Bonchev–Trinajstić information content (AvgIpc) is 2.82. The standard InChI is InChI=1S/C25H28N2O7S/c1-25(2)8-15-19(16(29)9-25)18(12-4-6-13(33-3)7-5-12)14(10-26)24(35)27(15)23-22(32)21(31)20(30)17(11-28)34-23/h4-7,17,20-23,28,30-32H,8-9,11H2,1-3H3/t17-,20+,21+,22+,23-/m0/s1. The Kier molecular flexibility index (Phi) is 6.85. The number of carbonyl (C=O) groups is 1. The number of nitrogens with zero attached hydrogens (tertiary/aromatic N) is 2. The van der Waals surface area contributed by atoms with E-state index in [0.717, 1.165) is 0 Å². The minimum Gasteiger partial charge on any atom is -0.497 e. The van der Waals surface area contributed by atoms with Gasteiger partial charge in [0.15, 0.2) is 12.0 Å². The van der Waals surface area contributed by atoms with Crippen LogP contribution in [0.25, 0.3) is 11.1 Å². The Hall–Kier alpha value is -2.65. The lowest BCUT2D eigenvalue weighted by Gasteiger charge is -2.43. The van der Waals surface area contributed by atoms with Crippen LogP contribution in [0.5, 0.6) is 5.75 Å². The van der Waals surface area contributed by atoms with E-state index in [2.05, 4.69) is 6.07 Å². The van der Waals surface area contributed by atoms with Crippen molar-refractivity contribution in [1.29, 1.82) is 5.26 Å². The zero-order valence-electron chi connectivity index (χ0n) is 19.6. The maximum Gasteiger partial charge on any atom is 0.165 e. The summed E-state index contributed by atoms with van der Waals surface area (Å²) in [5.74, 6) is 0.423. The van der Waals surface area contributed by atoms with Crippen LogP contribution >= 0.6 is 12.2 Å². The molecule has 2 aliphatic rings. The van der Waals surface area contributed by atoms with E-state index >= 15 is 0 Å². The zero-order chi connectivity index (χ0) is 25.7. The number of nitriles is 1. The molecule has 0 unspecified atom stereocenters. The van der Waals surface area contributed by atoms with E-state index in [9.17, 15) is 30.5 Å². The van der Waals surface area contributed by atoms with Crippen molar-refractivity contribution in [2.24, 2.45) is 5.41 Å². The molecule has 2 heterocycles. The van der Waals surface area contributed by atoms with Gasteiger partial charge >= 0.3 is 0 Å². The lowest BCUT2D eigenvalue weighted by atomic mass is 9.73. The Bertz CT molecular complexity index is 1250. The molecule has 1 fully saturated rings. The van der Waals surface area contributed by atoms with Crippen LogP contribution in [0.2, 0.25) is 0 Å². The van der Waals surface area contributed by atoms with Crippen molar-refractivity contribution in [1.82, 2.24) is 4.57 Å². The second-order valence-corrected chi connectivity index (χ2v) is 10.1. The number of benzene rings is 1. The molecule has 10 heteroatoms. The number of aliphatic hydroxyl groups is 4. The van der Waals surface area contributed by atoms with Crippen molar-refractivity contribution in [2.45, 2.75) is 57.3 Å². The normalized spacial score (nSPS) is 27.7. The maximum absolute atomic E-state index is 13.5. The van der Waals surface area contributed by atoms with Crippen LogP contribution in [-0.2, 0) is 11.2 Å². The second kappa shape index (κ2) is 9.43. The highest BCUT2D eigenvalue weighted by atomic mass is 32.1. The summed E-state index contributed by atoms with van der Waals surface area (Å²) in [6.45, 7) is 3.25. The highest BCUT2D eigenvalue weighted by Gasteiger charge is 2.46. The van der Waals surface area contributed by atoms with Crippen LogP contribution in [0.1, 0.15) is 48.1 Å².